The van der Waals surface area contributed by atoms with Gasteiger partial charge in [-0.15, -0.1) is 0 Å². The van der Waals surface area contributed by atoms with Gasteiger partial charge in [0.1, 0.15) is 0 Å². The van der Waals surface area contributed by atoms with Gasteiger partial charge in [-0.3, -0.25) is 0 Å². The summed E-state index contributed by atoms with van der Waals surface area (Å²) >= 11 is 0. The van der Waals surface area contributed by atoms with E-state index in [9.17, 15) is 4.79 Å². The second-order valence-electron chi connectivity index (χ2n) is 8.95. The van der Waals surface area contributed by atoms with Gasteiger partial charge in [-0.25, -0.2) is 4.79 Å². The summed E-state index contributed by atoms with van der Waals surface area (Å²) in [7, 11) is 0. The minimum atomic E-state index is -0.0603. The standard InChI is InChI=1S/C29H44N2O/c1-3-5-7-9-17-23-27(25-19-13-11-14-20-25)30-29(32)31-28(24-18-10-8-6-4-2)26-21-15-12-16-22-26/h11-16,19-22,27-28H,3-10,17-18,23-24H2,1-2H3,(H2,30,31,32). The van der Waals surface area contributed by atoms with E-state index in [2.05, 4.69) is 73.0 Å². The lowest BCUT2D eigenvalue weighted by Gasteiger charge is -2.24. The van der Waals surface area contributed by atoms with Crippen molar-refractivity contribution in [2.75, 3.05) is 0 Å². The van der Waals surface area contributed by atoms with Crippen molar-refractivity contribution in [1.29, 1.82) is 0 Å². The molecule has 176 valence electrons. The van der Waals surface area contributed by atoms with Crippen molar-refractivity contribution < 1.29 is 4.79 Å². The van der Waals surface area contributed by atoms with Crippen LogP contribution in [0.2, 0.25) is 0 Å². The number of benzene rings is 2. The van der Waals surface area contributed by atoms with Gasteiger partial charge in [-0.2, -0.15) is 0 Å². The van der Waals surface area contributed by atoms with Crippen LogP contribution in [0.3, 0.4) is 0 Å². The van der Waals surface area contributed by atoms with Gasteiger partial charge in [0.25, 0.3) is 0 Å². The Bertz CT molecular complexity index is 655. The second-order valence-corrected chi connectivity index (χ2v) is 8.95. The van der Waals surface area contributed by atoms with Gasteiger partial charge in [0.2, 0.25) is 0 Å². The molecular weight excluding hydrogens is 392 g/mol. The molecule has 3 nitrogen and oxygen atoms in total. The van der Waals surface area contributed by atoms with Crippen molar-refractivity contribution in [3.05, 3.63) is 71.8 Å². The summed E-state index contributed by atoms with van der Waals surface area (Å²) in [5.41, 5.74) is 2.38. The highest BCUT2D eigenvalue weighted by atomic mass is 16.2. The minimum Gasteiger partial charge on any atom is -0.331 e. The zero-order valence-corrected chi connectivity index (χ0v) is 20.3. The Labute approximate surface area is 196 Å². The number of carbonyl (C=O) groups excluding carboxylic acids is 1. The first-order valence-corrected chi connectivity index (χ1v) is 12.9. The van der Waals surface area contributed by atoms with Crippen LogP contribution in [0.25, 0.3) is 0 Å². The number of hydrogen-bond donors (Lipinski definition) is 2. The highest BCUT2D eigenvalue weighted by Gasteiger charge is 2.18. The smallest absolute Gasteiger partial charge is 0.315 e. The summed E-state index contributed by atoms with van der Waals surface area (Å²) in [6, 6.07) is 20.8. The zero-order valence-electron chi connectivity index (χ0n) is 20.3. The molecule has 0 heterocycles. The zero-order chi connectivity index (χ0) is 22.9. The molecule has 2 atom stereocenters. The van der Waals surface area contributed by atoms with Crippen molar-refractivity contribution in [1.82, 2.24) is 10.6 Å². The summed E-state index contributed by atoms with van der Waals surface area (Å²) in [5, 5.41) is 6.57. The Morgan fingerprint density at radius 1 is 0.594 bits per heavy atom. The van der Waals surface area contributed by atoms with E-state index in [0.29, 0.717) is 0 Å². The first kappa shape index (κ1) is 26.0. The molecule has 2 aromatic carbocycles. The molecule has 0 aliphatic carbocycles. The predicted molar refractivity (Wildman–Crippen MR) is 137 cm³/mol. The maximum absolute atomic E-state index is 13.1. The molecule has 2 aromatic rings. The van der Waals surface area contributed by atoms with Crippen LogP contribution in [0.5, 0.6) is 0 Å². The fourth-order valence-corrected chi connectivity index (χ4v) is 4.28. The molecule has 0 aromatic heterocycles. The largest absolute Gasteiger partial charge is 0.331 e. The molecule has 2 amide bonds. The monoisotopic (exact) mass is 436 g/mol. The Morgan fingerprint density at radius 2 is 0.969 bits per heavy atom. The normalized spacial score (nSPS) is 12.8. The van der Waals surface area contributed by atoms with Gasteiger partial charge in [-0.1, -0.05) is 139 Å². The third-order valence-electron chi connectivity index (χ3n) is 6.21. The molecule has 0 aliphatic rings. The van der Waals surface area contributed by atoms with Crippen molar-refractivity contribution in [2.45, 2.75) is 103 Å². The quantitative estimate of drug-likeness (QED) is 0.254. The maximum Gasteiger partial charge on any atom is 0.315 e. The Balaban J connectivity index is 1.96. The highest BCUT2D eigenvalue weighted by molar-refractivity contribution is 5.75. The number of hydrogen-bond acceptors (Lipinski definition) is 1. The van der Waals surface area contributed by atoms with Gasteiger partial charge in [0, 0.05) is 0 Å². The van der Waals surface area contributed by atoms with Crippen LogP contribution in [0.4, 0.5) is 4.79 Å². The molecule has 0 saturated heterocycles. The first-order valence-electron chi connectivity index (χ1n) is 12.9. The third kappa shape index (κ3) is 10.3. The second kappa shape index (κ2) is 16.4. The van der Waals surface area contributed by atoms with Crippen molar-refractivity contribution in [3.8, 4) is 0 Å². The van der Waals surface area contributed by atoms with Crippen molar-refractivity contribution >= 4 is 6.03 Å². The SMILES string of the molecule is CCCCCCCC(NC(=O)NC(CCCCCCC)c1ccccc1)c1ccccc1. The molecule has 2 unspecified atom stereocenters. The molecule has 0 aliphatic heterocycles. The van der Waals surface area contributed by atoms with Crippen molar-refractivity contribution in [2.24, 2.45) is 0 Å². The summed E-state index contributed by atoms with van der Waals surface area (Å²) in [4.78, 5) is 13.1. The van der Waals surface area contributed by atoms with E-state index in [1.54, 1.807) is 0 Å². The van der Waals surface area contributed by atoms with Gasteiger partial charge in [0.05, 0.1) is 12.1 Å². The third-order valence-corrected chi connectivity index (χ3v) is 6.21. The molecular formula is C29H44N2O. The molecule has 0 spiro atoms. The lowest BCUT2D eigenvalue weighted by Crippen LogP contribution is -2.40. The van der Waals surface area contributed by atoms with E-state index in [1.807, 2.05) is 12.1 Å². The lowest BCUT2D eigenvalue weighted by atomic mass is 9.99. The molecule has 0 saturated carbocycles. The molecule has 0 bridgehead atoms. The van der Waals surface area contributed by atoms with E-state index in [1.165, 1.54) is 62.5 Å². The fourth-order valence-electron chi connectivity index (χ4n) is 4.28. The number of nitrogens with one attached hydrogen (secondary N) is 2. The molecule has 3 heteroatoms. The molecule has 0 radical (unpaired) electrons. The average molecular weight is 437 g/mol. The van der Waals surface area contributed by atoms with Gasteiger partial charge < -0.3 is 10.6 Å². The van der Waals surface area contributed by atoms with Crippen LogP contribution in [0, 0.1) is 0 Å². The van der Waals surface area contributed by atoms with Crippen LogP contribution < -0.4 is 10.6 Å². The van der Waals surface area contributed by atoms with E-state index >= 15 is 0 Å². The number of carbonyl (C=O) groups is 1. The van der Waals surface area contributed by atoms with Crippen LogP contribution in [0.1, 0.15) is 114 Å². The Kier molecular flexibility index (Phi) is 13.3. The summed E-state index contributed by atoms with van der Waals surface area (Å²) in [6.07, 6.45) is 14.3. The average Bonchev–Trinajstić information content (AvgIpc) is 2.83. The Morgan fingerprint density at radius 3 is 1.34 bits per heavy atom. The van der Waals surface area contributed by atoms with E-state index in [-0.39, 0.29) is 18.1 Å². The van der Waals surface area contributed by atoms with Gasteiger partial charge in [0.15, 0.2) is 0 Å². The summed E-state index contributed by atoms with van der Waals surface area (Å²) in [6.45, 7) is 4.48. The number of amides is 2. The molecule has 2 N–H and O–H groups in total. The summed E-state index contributed by atoms with van der Waals surface area (Å²) in [5.74, 6) is 0. The number of urea groups is 1. The van der Waals surface area contributed by atoms with Crippen LogP contribution in [-0.2, 0) is 0 Å². The predicted octanol–water partition coefficient (Wildman–Crippen LogP) is 8.49. The van der Waals surface area contributed by atoms with Crippen LogP contribution in [-0.4, -0.2) is 6.03 Å². The minimum absolute atomic E-state index is 0.0544. The van der Waals surface area contributed by atoms with Crippen LogP contribution >= 0.6 is 0 Å². The van der Waals surface area contributed by atoms with E-state index in [0.717, 1.165) is 25.7 Å². The fraction of sp³-hybridized carbons (Fsp3) is 0.552. The van der Waals surface area contributed by atoms with Crippen molar-refractivity contribution in [3.63, 3.8) is 0 Å². The first-order chi connectivity index (χ1) is 15.7. The van der Waals surface area contributed by atoms with E-state index < -0.39 is 0 Å². The van der Waals surface area contributed by atoms with E-state index in [4.69, 9.17) is 0 Å². The lowest BCUT2D eigenvalue weighted by molar-refractivity contribution is 0.231. The molecule has 0 fully saturated rings. The molecule has 2 rings (SSSR count). The molecule has 32 heavy (non-hydrogen) atoms. The highest BCUT2D eigenvalue weighted by Crippen LogP contribution is 2.23. The summed E-state index contributed by atoms with van der Waals surface area (Å²) < 4.78 is 0. The topological polar surface area (TPSA) is 41.1 Å². The maximum atomic E-state index is 13.1. The van der Waals surface area contributed by atoms with Crippen LogP contribution in [0.15, 0.2) is 60.7 Å². The number of unbranched alkanes of at least 4 members (excludes halogenated alkanes) is 8. The number of rotatable bonds is 16. The Hall–Kier alpha value is -2.29. The van der Waals surface area contributed by atoms with Gasteiger partial charge in [-0.05, 0) is 24.0 Å². The van der Waals surface area contributed by atoms with Gasteiger partial charge >= 0.3 is 6.03 Å².